The van der Waals surface area contributed by atoms with E-state index in [-0.39, 0.29) is 5.91 Å². The van der Waals surface area contributed by atoms with Gasteiger partial charge in [0.25, 0.3) is 5.91 Å². The van der Waals surface area contributed by atoms with E-state index >= 15 is 0 Å². The number of hydrogen-bond acceptors (Lipinski definition) is 4. The quantitative estimate of drug-likeness (QED) is 0.782. The van der Waals surface area contributed by atoms with Crippen LogP contribution in [-0.2, 0) is 13.1 Å². The largest absolute Gasteiger partial charge is 0.328 e. The molecule has 1 amide bonds. The first kappa shape index (κ1) is 14.6. The normalized spacial score (nSPS) is 13.8. The van der Waals surface area contributed by atoms with Crippen molar-refractivity contribution in [2.24, 2.45) is 0 Å². The number of carbonyl (C=O) groups is 1. The van der Waals surface area contributed by atoms with E-state index < -0.39 is 0 Å². The fourth-order valence-corrected chi connectivity index (χ4v) is 2.91. The van der Waals surface area contributed by atoms with Gasteiger partial charge in [0.05, 0.1) is 18.8 Å². The number of nitrogens with one attached hydrogen (secondary N) is 1. The highest BCUT2D eigenvalue weighted by atomic mass is 16.2. The van der Waals surface area contributed by atoms with Gasteiger partial charge in [-0.2, -0.15) is 10.2 Å². The van der Waals surface area contributed by atoms with Gasteiger partial charge in [-0.1, -0.05) is 29.8 Å². The van der Waals surface area contributed by atoms with Crippen LogP contribution in [0.4, 0.5) is 0 Å². The summed E-state index contributed by atoms with van der Waals surface area (Å²) in [6.45, 7) is 5.66. The Morgan fingerprint density at radius 1 is 1.17 bits per heavy atom. The van der Waals surface area contributed by atoms with Crippen molar-refractivity contribution >= 4 is 5.91 Å². The number of carbonyl (C=O) groups excluding carboxylic acids is 1. The molecule has 1 N–H and O–H groups in total. The Kier molecular flexibility index (Phi) is 3.41. The van der Waals surface area contributed by atoms with Gasteiger partial charge in [0.2, 0.25) is 0 Å². The van der Waals surface area contributed by atoms with Crippen LogP contribution >= 0.6 is 0 Å². The molecule has 24 heavy (non-hydrogen) atoms. The zero-order chi connectivity index (χ0) is 16.7. The first-order chi connectivity index (χ1) is 11.6. The van der Waals surface area contributed by atoms with Crippen molar-refractivity contribution in [3.05, 3.63) is 53.2 Å². The van der Waals surface area contributed by atoms with Crippen molar-refractivity contribution in [2.45, 2.75) is 26.9 Å². The Morgan fingerprint density at radius 3 is 2.75 bits per heavy atom. The van der Waals surface area contributed by atoms with Crippen molar-refractivity contribution in [1.29, 1.82) is 0 Å². The number of benzene rings is 1. The molecule has 0 bridgehead atoms. The van der Waals surface area contributed by atoms with E-state index in [1.54, 1.807) is 11.0 Å². The maximum atomic E-state index is 12.7. The molecule has 4 rings (SSSR count). The zero-order valence-electron chi connectivity index (χ0n) is 13.7. The molecule has 122 valence electrons. The zero-order valence-corrected chi connectivity index (χ0v) is 13.7. The van der Waals surface area contributed by atoms with Crippen molar-refractivity contribution in [3.8, 4) is 11.3 Å². The molecule has 1 aromatic carbocycles. The lowest BCUT2D eigenvalue weighted by Crippen LogP contribution is -2.38. The highest BCUT2D eigenvalue weighted by Gasteiger charge is 2.25. The Balaban J connectivity index is 1.54. The van der Waals surface area contributed by atoms with Gasteiger partial charge in [0, 0.05) is 12.1 Å². The number of aromatic nitrogens is 5. The van der Waals surface area contributed by atoms with E-state index in [1.165, 1.54) is 5.56 Å². The van der Waals surface area contributed by atoms with E-state index in [4.69, 9.17) is 0 Å². The second-order valence-electron chi connectivity index (χ2n) is 6.06. The third-order valence-corrected chi connectivity index (χ3v) is 4.21. The molecular formula is C17H18N6O. The van der Waals surface area contributed by atoms with Crippen molar-refractivity contribution in [3.63, 3.8) is 0 Å². The lowest BCUT2D eigenvalue weighted by atomic mass is 10.1. The maximum absolute atomic E-state index is 12.7. The molecule has 0 saturated heterocycles. The van der Waals surface area contributed by atoms with Gasteiger partial charge in [-0.15, -0.1) is 0 Å². The number of fused-ring (bicyclic) bond motifs is 1. The fourth-order valence-electron chi connectivity index (χ4n) is 2.91. The van der Waals surface area contributed by atoms with E-state index in [2.05, 4.69) is 20.3 Å². The molecule has 0 unspecified atom stereocenters. The predicted molar refractivity (Wildman–Crippen MR) is 88.3 cm³/mol. The number of hydrogen-bond donors (Lipinski definition) is 1. The third kappa shape index (κ3) is 2.58. The number of aryl methyl sites for hydroxylation is 2. The number of nitrogens with zero attached hydrogens (tertiary/aromatic N) is 5. The van der Waals surface area contributed by atoms with E-state index in [0.29, 0.717) is 25.3 Å². The Morgan fingerprint density at radius 2 is 1.96 bits per heavy atom. The smallest absolute Gasteiger partial charge is 0.272 e. The summed E-state index contributed by atoms with van der Waals surface area (Å²) in [7, 11) is 0. The first-order valence-electron chi connectivity index (χ1n) is 7.92. The van der Waals surface area contributed by atoms with Crippen LogP contribution < -0.4 is 0 Å². The SMILES string of the molecule is Cc1ccc(-c2cc(C(=O)N3CCn4nc(C)nc4C3)[nH]n2)cc1. The summed E-state index contributed by atoms with van der Waals surface area (Å²) < 4.78 is 1.86. The molecule has 0 aliphatic carbocycles. The molecule has 3 aromatic rings. The molecule has 7 heteroatoms. The summed E-state index contributed by atoms with van der Waals surface area (Å²) >= 11 is 0. The first-order valence-corrected chi connectivity index (χ1v) is 7.92. The summed E-state index contributed by atoms with van der Waals surface area (Å²) in [5.74, 6) is 1.50. The average molecular weight is 322 g/mol. The molecular weight excluding hydrogens is 304 g/mol. The summed E-state index contributed by atoms with van der Waals surface area (Å²) in [5.41, 5.74) is 3.45. The lowest BCUT2D eigenvalue weighted by Gasteiger charge is -2.26. The second-order valence-corrected chi connectivity index (χ2v) is 6.06. The number of aromatic amines is 1. The Hall–Kier alpha value is -2.96. The van der Waals surface area contributed by atoms with Crippen molar-refractivity contribution in [2.75, 3.05) is 6.54 Å². The minimum atomic E-state index is -0.0623. The molecule has 2 aromatic heterocycles. The fraction of sp³-hybridized carbons (Fsp3) is 0.294. The number of rotatable bonds is 2. The molecule has 0 radical (unpaired) electrons. The van der Waals surface area contributed by atoms with Gasteiger partial charge in [0.1, 0.15) is 17.3 Å². The van der Waals surface area contributed by atoms with Crippen LogP contribution in [-0.4, -0.2) is 42.3 Å². The van der Waals surface area contributed by atoms with Gasteiger partial charge < -0.3 is 4.90 Å². The molecule has 0 fully saturated rings. The van der Waals surface area contributed by atoms with Crippen molar-refractivity contribution < 1.29 is 4.79 Å². The van der Waals surface area contributed by atoms with E-state index in [1.807, 2.05) is 42.8 Å². The third-order valence-electron chi connectivity index (χ3n) is 4.21. The van der Waals surface area contributed by atoms with Crippen molar-refractivity contribution in [1.82, 2.24) is 29.9 Å². The van der Waals surface area contributed by atoms with E-state index in [9.17, 15) is 4.79 Å². The van der Waals surface area contributed by atoms with Gasteiger partial charge in [-0.05, 0) is 19.9 Å². The number of H-pyrrole nitrogens is 1. The van der Waals surface area contributed by atoms with Gasteiger partial charge in [0.15, 0.2) is 0 Å². The summed E-state index contributed by atoms with van der Waals surface area (Å²) in [6, 6.07) is 9.88. The van der Waals surface area contributed by atoms with Gasteiger partial charge >= 0.3 is 0 Å². The van der Waals surface area contributed by atoms with Crippen LogP contribution in [0.5, 0.6) is 0 Å². The van der Waals surface area contributed by atoms with Crippen LogP contribution in [0.15, 0.2) is 30.3 Å². The standard InChI is InChI=1S/C17H18N6O/c1-11-3-5-13(6-4-11)14-9-15(20-19-14)17(24)22-7-8-23-16(10-22)18-12(2)21-23/h3-6,9H,7-8,10H2,1-2H3,(H,19,20). The molecule has 3 heterocycles. The molecule has 7 nitrogen and oxygen atoms in total. The van der Waals surface area contributed by atoms with Crippen LogP contribution in [0.25, 0.3) is 11.3 Å². The van der Waals surface area contributed by atoms with Gasteiger partial charge in [-0.25, -0.2) is 9.67 Å². The molecule has 1 aliphatic rings. The predicted octanol–water partition coefficient (Wildman–Crippen LogP) is 1.94. The van der Waals surface area contributed by atoms with E-state index in [0.717, 1.165) is 22.9 Å². The summed E-state index contributed by atoms with van der Waals surface area (Å²) in [4.78, 5) is 18.9. The maximum Gasteiger partial charge on any atom is 0.272 e. The molecule has 0 spiro atoms. The van der Waals surface area contributed by atoms with Crippen LogP contribution in [0.1, 0.15) is 27.7 Å². The molecule has 0 saturated carbocycles. The van der Waals surface area contributed by atoms with Crippen LogP contribution in [0, 0.1) is 13.8 Å². The second kappa shape index (κ2) is 5.59. The Labute approximate surface area is 139 Å². The van der Waals surface area contributed by atoms with Gasteiger partial charge in [-0.3, -0.25) is 9.89 Å². The van der Waals surface area contributed by atoms with Crippen LogP contribution in [0.3, 0.4) is 0 Å². The Bertz CT molecular complexity index is 892. The molecule has 1 aliphatic heterocycles. The minimum absolute atomic E-state index is 0.0623. The van der Waals surface area contributed by atoms with Crippen LogP contribution in [0.2, 0.25) is 0 Å². The topological polar surface area (TPSA) is 79.7 Å². The monoisotopic (exact) mass is 322 g/mol. The summed E-state index contributed by atoms with van der Waals surface area (Å²) in [5, 5.41) is 11.5. The average Bonchev–Trinajstić information content (AvgIpc) is 3.20. The molecule has 0 atom stereocenters. The number of amides is 1. The highest BCUT2D eigenvalue weighted by Crippen LogP contribution is 2.20. The summed E-state index contributed by atoms with van der Waals surface area (Å²) in [6.07, 6.45) is 0. The highest BCUT2D eigenvalue weighted by molar-refractivity contribution is 5.93. The minimum Gasteiger partial charge on any atom is -0.328 e. The lowest BCUT2D eigenvalue weighted by molar-refractivity contribution is 0.0696.